The maximum absolute atomic E-state index is 11.7. The Labute approximate surface area is 109 Å². The molecule has 0 spiro atoms. The molecule has 0 aliphatic carbocycles. The number of ether oxygens (including phenoxy) is 1. The Hall–Kier alpha value is -1.61. The van der Waals surface area contributed by atoms with Crippen molar-refractivity contribution in [3.63, 3.8) is 0 Å². The van der Waals surface area contributed by atoms with E-state index in [1.54, 1.807) is 0 Å². The zero-order valence-electron chi connectivity index (χ0n) is 11.5. The van der Waals surface area contributed by atoms with Gasteiger partial charge in [-0.25, -0.2) is 4.79 Å². The van der Waals surface area contributed by atoms with Crippen LogP contribution in [0.1, 0.15) is 26.3 Å². The first-order chi connectivity index (χ1) is 8.42. The van der Waals surface area contributed by atoms with E-state index in [9.17, 15) is 4.79 Å². The molecule has 3 nitrogen and oxygen atoms in total. The SMILES string of the molecule is COC(=O)C(=Cc1ccccc1)CNC(C)(C)C. The van der Waals surface area contributed by atoms with Crippen LogP contribution in [0.3, 0.4) is 0 Å². The molecule has 98 valence electrons. The smallest absolute Gasteiger partial charge is 0.335 e. The highest BCUT2D eigenvalue weighted by atomic mass is 16.5. The molecule has 0 unspecified atom stereocenters. The van der Waals surface area contributed by atoms with E-state index < -0.39 is 0 Å². The Balaban J connectivity index is 2.85. The van der Waals surface area contributed by atoms with Gasteiger partial charge in [-0.1, -0.05) is 30.3 Å². The number of carbonyl (C=O) groups is 1. The van der Waals surface area contributed by atoms with Crippen molar-refractivity contribution in [2.45, 2.75) is 26.3 Å². The lowest BCUT2D eigenvalue weighted by atomic mass is 10.1. The average molecular weight is 247 g/mol. The standard InChI is InChI=1S/C15H21NO2/c1-15(2,3)16-11-13(14(17)18-4)10-12-8-6-5-7-9-12/h5-10,16H,11H2,1-4H3. The number of hydrogen-bond donors (Lipinski definition) is 1. The minimum Gasteiger partial charge on any atom is -0.466 e. The molecule has 1 aromatic rings. The second-order valence-electron chi connectivity index (χ2n) is 5.18. The summed E-state index contributed by atoms with van der Waals surface area (Å²) in [5.74, 6) is -0.296. The lowest BCUT2D eigenvalue weighted by molar-refractivity contribution is -0.136. The van der Waals surface area contributed by atoms with Gasteiger partial charge in [0, 0.05) is 12.1 Å². The fraction of sp³-hybridized carbons (Fsp3) is 0.400. The molecule has 18 heavy (non-hydrogen) atoms. The zero-order valence-corrected chi connectivity index (χ0v) is 11.5. The van der Waals surface area contributed by atoms with Crippen LogP contribution in [0.4, 0.5) is 0 Å². The normalized spacial score (nSPS) is 12.3. The molecule has 0 saturated heterocycles. The van der Waals surface area contributed by atoms with Crippen LogP contribution in [0.2, 0.25) is 0 Å². The minimum atomic E-state index is -0.296. The molecule has 3 heteroatoms. The molecule has 0 heterocycles. The molecule has 0 radical (unpaired) electrons. The molecule has 0 saturated carbocycles. The number of rotatable bonds is 4. The van der Waals surface area contributed by atoms with Gasteiger partial charge in [-0.05, 0) is 32.4 Å². The van der Waals surface area contributed by atoms with Gasteiger partial charge in [0.05, 0.1) is 12.7 Å². The Kier molecular flexibility index (Phi) is 5.10. The van der Waals surface area contributed by atoms with E-state index in [-0.39, 0.29) is 11.5 Å². The quantitative estimate of drug-likeness (QED) is 0.656. The van der Waals surface area contributed by atoms with Gasteiger partial charge in [0.2, 0.25) is 0 Å². The van der Waals surface area contributed by atoms with E-state index in [2.05, 4.69) is 26.1 Å². The van der Waals surface area contributed by atoms with E-state index in [1.165, 1.54) is 7.11 Å². The molecular formula is C15H21NO2. The molecule has 1 N–H and O–H groups in total. The summed E-state index contributed by atoms with van der Waals surface area (Å²) < 4.78 is 4.80. The molecule has 0 bridgehead atoms. The van der Waals surface area contributed by atoms with Gasteiger partial charge in [-0.2, -0.15) is 0 Å². The molecule has 0 aliphatic heterocycles. The van der Waals surface area contributed by atoms with Crippen molar-refractivity contribution < 1.29 is 9.53 Å². The van der Waals surface area contributed by atoms with Crippen molar-refractivity contribution in [2.75, 3.05) is 13.7 Å². The van der Waals surface area contributed by atoms with Crippen LogP contribution in [0.5, 0.6) is 0 Å². The van der Waals surface area contributed by atoms with Crippen molar-refractivity contribution in [1.29, 1.82) is 0 Å². The fourth-order valence-electron chi connectivity index (χ4n) is 1.42. The maximum Gasteiger partial charge on any atom is 0.335 e. The monoisotopic (exact) mass is 247 g/mol. The van der Waals surface area contributed by atoms with Gasteiger partial charge in [0.25, 0.3) is 0 Å². The van der Waals surface area contributed by atoms with E-state index in [1.807, 2.05) is 36.4 Å². The summed E-state index contributed by atoms with van der Waals surface area (Å²) in [4.78, 5) is 11.7. The number of nitrogens with one attached hydrogen (secondary N) is 1. The van der Waals surface area contributed by atoms with Crippen molar-refractivity contribution in [1.82, 2.24) is 5.32 Å². The van der Waals surface area contributed by atoms with Crippen LogP contribution >= 0.6 is 0 Å². The van der Waals surface area contributed by atoms with Crippen molar-refractivity contribution in [2.24, 2.45) is 0 Å². The Morgan fingerprint density at radius 1 is 1.28 bits per heavy atom. The van der Waals surface area contributed by atoms with E-state index >= 15 is 0 Å². The lowest BCUT2D eigenvalue weighted by Gasteiger charge is -2.21. The number of carbonyl (C=O) groups excluding carboxylic acids is 1. The van der Waals surface area contributed by atoms with Crippen molar-refractivity contribution in [3.8, 4) is 0 Å². The molecule has 0 atom stereocenters. The highest BCUT2D eigenvalue weighted by Gasteiger charge is 2.14. The van der Waals surface area contributed by atoms with Crippen LogP contribution < -0.4 is 5.32 Å². The Morgan fingerprint density at radius 2 is 1.89 bits per heavy atom. The summed E-state index contributed by atoms with van der Waals surface area (Å²) in [6.07, 6.45) is 1.85. The minimum absolute atomic E-state index is 0.0379. The van der Waals surface area contributed by atoms with Gasteiger partial charge < -0.3 is 10.1 Å². The molecule has 0 amide bonds. The summed E-state index contributed by atoms with van der Waals surface area (Å²) in [6.45, 7) is 6.67. The summed E-state index contributed by atoms with van der Waals surface area (Å²) in [6, 6.07) is 9.75. The topological polar surface area (TPSA) is 38.3 Å². The molecule has 0 fully saturated rings. The number of esters is 1. The third kappa shape index (κ3) is 5.15. The third-order valence-corrected chi connectivity index (χ3v) is 2.40. The Morgan fingerprint density at radius 3 is 2.39 bits per heavy atom. The second kappa shape index (κ2) is 6.36. The van der Waals surface area contributed by atoms with Crippen LogP contribution in [0, 0.1) is 0 Å². The predicted octanol–water partition coefficient (Wildman–Crippen LogP) is 2.63. The van der Waals surface area contributed by atoms with Gasteiger partial charge in [-0.3, -0.25) is 0 Å². The van der Waals surface area contributed by atoms with Gasteiger partial charge in [0.15, 0.2) is 0 Å². The fourth-order valence-corrected chi connectivity index (χ4v) is 1.42. The highest BCUT2D eigenvalue weighted by molar-refractivity contribution is 5.94. The first kappa shape index (κ1) is 14.5. The van der Waals surface area contributed by atoms with E-state index in [0.717, 1.165) is 5.56 Å². The third-order valence-electron chi connectivity index (χ3n) is 2.40. The van der Waals surface area contributed by atoms with Crippen molar-refractivity contribution >= 4 is 12.0 Å². The largest absolute Gasteiger partial charge is 0.466 e. The molecule has 1 rings (SSSR count). The van der Waals surface area contributed by atoms with E-state index in [0.29, 0.717) is 12.1 Å². The summed E-state index contributed by atoms with van der Waals surface area (Å²) in [7, 11) is 1.40. The molecule has 0 aliphatic rings. The van der Waals surface area contributed by atoms with Gasteiger partial charge >= 0.3 is 5.97 Å². The van der Waals surface area contributed by atoms with E-state index in [4.69, 9.17) is 4.74 Å². The Bertz CT molecular complexity index is 416. The second-order valence-corrected chi connectivity index (χ2v) is 5.18. The predicted molar refractivity (Wildman–Crippen MR) is 74.2 cm³/mol. The van der Waals surface area contributed by atoms with Crippen LogP contribution in [-0.2, 0) is 9.53 Å². The highest BCUT2D eigenvalue weighted by Crippen LogP contribution is 2.09. The zero-order chi connectivity index (χ0) is 13.6. The number of hydrogen-bond acceptors (Lipinski definition) is 3. The van der Waals surface area contributed by atoms with Crippen molar-refractivity contribution in [3.05, 3.63) is 41.5 Å². The van der Waals surface area contributed by atoms with Crippen LogP contribution in [-0.4, -0.2) is 25.2 Å². The molecule has 1 aromatic carbocycles. The summed E-state index contributed by atoms with van der Waals surface area (Å²) in [5.41, 5.74) is 1.58. The summed E-state index contributed by atoms with van der Waals surface area (Å²) in [5, 5.41) is 3.29. The van der Waals surface area contributed by atoms with Gasteiger partial charge in [0.1, 0.15) is 0 Å². The number of benzene rings is 1. The van der Waals surface area contributed by atoms with Gasteiger partial charge in [-0.15, -0.1) is 0 Å². The first-order valence-corrected chi connectivity index (χ1v) is 6.01. The molecular weight excluding hydrogens is 226 g/mol. The molecule has 0 aromatic heterocycles. The maximum atomic E-state index is 11.7. The van der Waals surface area contributed by atoms with Crippen LogP contribution in [0.25, 0.3) is 6.08 Å². The average Bonchev–Trinajstić information content (AvgIpc) is 2.33. The number of methoxy groups -OCH3 is 1. The van der Waals surface area contributed by atoms with Crippen LogP contribution in [0.15, 0.2) is 35.9 Å². The lowest BCUT2D eigenvalue weighted by Crippen LogP contribution is -2.38. The first-order valence-electron chi connectivity index (χ1n) is 6.01. The summed E-state index contributed by atoms with van der Waals surface area (Å²) >= 11 is 0.